The summed E-state index contributed by atoms with van der Waals surface area (Å²) in [5.41, 5.74) is 17.2. The fourth-order valence-electron chi connectivity index (χ4n) is 10.8. The zero-order chi connectivity index (χ0) is 28.7. The van der Waals surface area contributed by atoms with Gasteiger partial charge in [0.25, 0.3) is 0 Å². The maximum Gasteiger partial charge on any atom is 0.331 e. The van der Waals surface area contributed by atoms with Crippen LogP contribution in [0.3, 0.4) is 0 Å². The molecule has 39 heavy (non-hydrogen) atoms. The summed E-state index contributed by atoms with van der Waals surface area (Å²) in [5.74, 6) is -0.969. The van der Waals surface area contributed by atoms with Gasteiger partial charge in [0.05, 0.1) is 6.10 Å². The van der Waals surface area contributed by atoms with E-state index in [9.17, 15) is 19.8 Å². The minimum absolute atomic E-state index is 0.0528. The zero-order valence-corrected chi connectivity index (χ0v) is 24.8. The smallest absolute Gasteiger partial charge is 0.331 e. The Morgan fingerprint density at radius 3 is 2.28 bits per heavy atom. The minimum atomic E-state index is -0.879. The number of carboxylic acid groups (broad SMARTS) is 1. The second kappa shape index (κ2) is 9.70. The monoisotopic (exact) mass is 542 g/mol. The van der Waals surface area contributed by atoms with Gasteiger partial charge in [0, 0.05) is 24.6 Å². The van der Waals surface area contributed by atoms with Gasteiger partial charge >= 0.3 is 11.9 Å². The van der Waals surface area contributed by atoms with Crippen LogP contribution in [0.4, 0.5) is 0 Å². The van der Waals surface area contributed by atoms with Gasteiger partial charge in [-0.15, -0.1) is 0 Å². The lowest BCUT2D eigenvalue weighted by Gasteiger charge is -2.69. The highest BCUT2D eigenvalue weighted by atomic mass is 16.5. The number of aliphatic carboxylic acids is 1. The van der Waals surface area contributed by atoms with E-state index in [4.69, 9.17) is 16.2 Å². The largest absolute Gasteiger partial charge is 0.478 e. The van der Waals surface area contributed by atoms with Crippen molar-refractivity contribution in [3.05, 3.63) is 22.3 Å². The lowest BCUT2D eigenvalue weighted by atomic mass is 9.36. The van der Waals surface area contributed by atoms with Crippen molar-refractivity contribution in [1.82, 2.24) is 0 Å². The number of fused-ring (bicyclic) bond motifs is 5. The SMILES string of the molecule is CC(=O)O[C@H]1C[C@@]2(C)[C@@H](C[C@H](N)[C@H]3[C@@]4(C)CC[C@@H](O)[C@@H](N)[C@@H]4CC[C@@]32C)/C1=C(/C(=O)O)C1CCC(=C(C)C)C1. The fraction of sp³-hybridized carbons (Fsp3) is 0.812. The molecule has 5 aliphatic carbocycles. The van der Waals surface area contributed by atoms with Gasteiger partial charge in [-0.05, 0) is 117 Å². The van der Waals surface area contributed by atoms with Crippen molar-refractivity contribution in [1.29, 1.82) is 0 Å². The van der Waals surface area contributed by atoms with E-state index in [2.05, 4.69) is 34.6 Å². The van der Waals surface area contributed by atoms with Crippen molar-refractivity contribution < 1.29 is 24.5 Å². The van der Waals surface area contributed by atoms with Crippen molar-refractivity contribution in [3.8, 4) is 0 Å². The van der Waals surface area contributed by atoms with Gasteiger partial charge in [-0.25, -0.2) is 4.79 Å². The molecule has 0 amide bonds. The van der Waals surface area contributed by atoms with Crippen LogP contribution in [0.15, 0.2) is 22.3 Å². The highest BCUT2D eigenvalue weighted by Gasteiger charge is 2.70. The molecule has 0 heterocycles. The maximum absolute atomic E-state index is 13.0. The van der Waals surface area contributed by atoms with Gasteiger partial charge < -0.3 is 26.4 Å². The molecule has 0 radical (unpaired) electrons. The molecule has 0 aromatic heterocycles. The molecule has 0 aromatic carbocycles. The summed E-state index contributed by atoms with van der Waals surface area (Å²) in [6.07, 6.45) is 6.22. The molecule has 5 aliphatic rings. The molecule has 7 nitrogen and oxygen atoms in total. The average Bonchev–Trinajstić information content (AvgIpc) is 3.41. The summed E-state index contributed by atoms with van der Waals surface area (Å²) < 4.78 is 6.00. The molecule has 7 heteroatoms. The third kappa shape index (κ3) is 4.16. The summed E-state index contributed by atoms with van der Waals surface area (Å²) in [4.78, 5) is 25.4. The Labute approximate surface area is 233 Å². The standard InChI is InChI=1S/C32H50N2O5/c1-16(2)18-7-8-19(13-18)25(29(37)38)26-21-14-22(33)28-30(4)11-10-23(36)27(34)20(30)9-12-31(28,5)32(21,6)15-24(26)39-17(3)35/h19-24,27-28,36H,7-15,33-34H2,1-6H3,(H,37,38)/b26-25-/t19?,20-,21-,22-,23+,24-,27-,28-,30-,31-,32-/m0/s1. The minimum Gasteiger partial charge on any atom is -0.478 e. The van der Waals surface area contributed by atoms with Crippen LogP contribution in [0.2, 0.25) is 0 Å². The van der Waals surface area contributed by atoms with Crippen molar-refractivity contribution in [2.45, 2.75) is 124 Å². The molecule has 11 atom stereocenters. The van der Waals surface area contributed by atoms with Gasteiger partial charge in [-0.2, -0.15) is 0 Å². The highest BCUT2D eigenvalue weighted by Crippen LogP contribution is 2.74. The predicted molar refractivity (Wildman–Crippen MR) is 150 cm³/mol. The van der Waals surface area contributed by atoms with E-state index in [1.807, 2.05) is 0 Å². The predicted octanol–water partition coefficient (Wildman–Crippen LogP) is 4.71. The lowest BCUT2D eigenvalue weighted by Crippen LogP contribution is -2.69. The number of rotatable bonds is 3. The highest BCUT2D eigenvalue weighted by molar-refractivity contribution is 5.89. The van der Waals surface area contributed by atoms with E-state index >= 15 is 0 Å². The number of hydrogen-bond donors (Lipinski definition) is 4. The molecule has 5 fully saturated rings. The summed E-state index contributed by atoms with van der Waals surface area (Å²) in [5, 5.41) is 21.3. The van der Waals surface area contributed by atoms with Crippen molar-refractivity contribution in [2.75, 3.05) is 0 Å². The maximum atomic E-state index is 13.0. The Morgan fingerprint density at radius 1 is 1.00 bits per heavy atom. The van der Waals surface area contributed by atoms with Gasteiger partial charge in [0.1, 0.15) is 6.10 Å². The van der Waals surface area contributed by atoms with Crippen molar-refractivity contribution >= 4 is 11.9 Å². The molecule has 5 rings (SSSR count). The van der Waals surface area contributed by atoms with Crippen LogP contribution in [-0.2, 0) is 14.3 Å². The Morgan fingerprint density at radius 2 is 1.69 bits per heavy atom. The van der Waals surface area contributed by atoms with Crippen LogP contribution in [0.25, 0.3) is 0 Å². The molecule has 5 saturated carbocycles. The number of aliphatic hydroxyl groups is 1. The number of allylic oxidation sites excluding steroid dienone is 2. The van der Waals surface area contributed by atoms with E-state index in [1.54, 1.807) is 0 Å². The van der Waals surface area contributed by atoms with Gasteiger partial charge in [-0.1, -0.05) is 31.9 Å². The third-order valence-corrected chi connectivity index (χ3v) is 12.7. The first kappa shape index (κ1) is 28.8. The molecule has 1 unspecified atom stereocenters. The van der Waals surface area contributed by atoms with E-state index in [0.717, 1.165) is 44.1 Å². The normalized spacial score (nSPS) is 48.6. The first-order chi connectivity index (χ1) is 18.2. The zero-order valence-electron chi connectivity index (χ0n) is 24.8. The van der Waals surface area contributed by atoms with Gasteiger partial charge in [0.2, 0.25) is 0 Å². The van der Waals surface area contributed by atoms with Crippen molar-refractivity contribution in [2.24, 2.45) is 51.4 Å². The van der Waals surface area contributed by atoms with Crippen LogP contribution in [-0.4, -0.2) is 46.4 Å². The number of carbonyl (C=O) groups excluding carboxylic acids is 1. The quantitative estimate of drug-likeness (QED) is 0.230. The second-order valence-electron chi connectivity index (χ2n) is 14.6. The van der Waals surface area contributed by atoms with Crippen molar-refractivity contribution in [3.63, 3.8) is 0 Å². The van der Waals surface area contributed by atoms with E-state index in [0.29, 0.717) is 24.8 Å². The summed E-state index contributed by atoms with van der Waals surface area (Å²) in [6, 6.07) is -0.370. The number of carbonyl (C=O) groups is 2. The van der Waals surface area contributed by atoms with Gasteiger partial charge in [0.15, 0.2) is 0 Å². The van der Waals surface area contributed by atoms with E-state index in [-0.39, 0.29) is 58.0 Å². The molecule has 218 valence electrons. The third-order valence-electron chi connectivity index (χ3n) is 12.7. The first-order valence-electron chi connectivity index (χ1n) is 15.1. The Balaban J connectivity index is 1.63. The number of aliphatic hydroxyl groups excluding tert-OH is 1. The number of esters is 1. The average molecular weight is 543 g/mol. The Hall–Kier alpha value is -1.70. The molecule has 0 aromatic rings. The molecule has 0 bridgehead atoms. The summed E-state index contributed by atoms with van der Waals surface area (Å²) >= 11 is 0. The van der Waals surface area contributed by atoms with Crippen LogP contribution < -0.4 is 11.5 Å². The van der Waals surface area contributed by atoms with E-state index < -0.39 is 18.2 Å². The van der Waals surface area contributed by atoms with Crippen LogP contribution >= 0.6 is 0 Å². The lowest BCUT2D eigenvalue weighted by molar-refractivity contribution is -0.196. The summed E-state index contributed by atoms with van der Waals surface area (Å²) in [6.45, 7) is 12.7. The molecule has 6 N–H and O–H groups in total. The molecule has 0 saturated heterocycles. The number of hydrogen-bond acceptors (Lipinski definition) is 6. The van der Waals surface area contributed by atoms with Crippen LogP contribution in [0.1, 0.15) is 99.3 Å². The second-order valence-corrected chi connectivity index (χ2v) is 14.6. The number of carboxylic acids is 1. The van der Waals surface area contributed by atoms with Crippen LogP contribution in [0, 0.1) is 39.9 Å². The van der Waals surface area contributed by atoms with E-state index in [1.165, 1.54) is 18.1 Å². The fourth-order valence-corrected chi connectivity index (χ4v) is 10.8. The summed E-state index contributed by atoms with van der Waals surface area (Å²) in [7, 11) is 0. The molecule has 0 aliphatic heterocycles. The number of ether oxygens (including phenoxy) is 1. The van der Waals surface area contributed by atoms with Gasteiger partial charge in [-0.3, -0.25) is 4.79 Å². The molecular formula is C32H50N2O5. The molecular weight excluding hydrogens is 492 g/mol. The number of nitrogens with two attached hydrogens (primary N) is 2. The van der Waals surface area contributed by atoms with Crippen LogP contribution in [0.5, 0.6) is 0 Å². The first-order valence-corrected chi connectivity index (χ1v) is 15.1. The Bertz CT molecular complexity index is 1110. The topological polar surface area (TPSA) is 136 Å². The molecule has 0 spiro atoms. The Kier molecular flexibility index (Phi) is 7.16.